The standard InChI is InChI=1S/C15H15BrIN3OS/c16-11-2-3-13(17)12(10-11)14(21)19-5-1-6-20(8-7-19)15-18-4-9-22-15/h2-4,9-10H,1,5-8H2. The van der Waals surface area contributed by atoms with E-state index in [1.54, 1.807) is 11.3 Å². The summed E-state index contributed by atoms with van der Waals surface area (Å²) in [5.41, 5.74) is 0.776. The predicted molar refractivity (Wildman–Crippen MR) is 102 cm³/mol. The summed E-state index contributed by atoms with van der Waals surface area (Å²) in [7, 11) is 0. The molecular weight excluding hydrogens is 477 g/mol. The van der Waals surface area contributed by atoms with E-state index in [4.69, 9.17) is 0 Å². The van der Waals surface area contributed by atoms with Crippen LogP contribution >= 0.6 is 49.9 Å². The zero-order valence-electron chi connectivity index (χ0n) is 11.8. The molecule has 1 aromatic heterocycles. The summed E-state index contributed by atoms with van der Waals surface area (Å²) in [6.07, 6.45) is 2.80. The number of thiazole rings is 1. The molecule has 1 aromatic carbocycles. The molecule has 4 nitrogen and oxygen atoms in total. The van der Waals surface area contributed by atoms with Gasteiger partial charge in [-0.25, -0.2) is 4.98 Å². The molecule has 1 amide bonds. The second kappa shape index (κ2) is 7.27. The van der Waals surface area contributed by atoms with Crippen LogP contribution in [0.5, 0.6) is 0 Å². The fraction of sp³-hybridized carbons (Fsp3) is 0.333. The number of carbonyl (C=O) groups excluding carboxylic acids is 1. The van der Waals surface area contributed by atoms with Crippen molar-refractivity contribution in [3.8, 4) is 0 Å². The van der Waals surface area contributed by atoms with E-state index in [0.29, 0.717) is 0 Å². The van der Waals surface area contributed by atoms with Crippen LogP contribution in [0.15, 0.2) is 34.2 Å². The molecule has 0 bridgehead atoms. The molecule has 1 aliphatic heterocycles. The summed E-state index contributed by atoms with van der Waals surface area (Å²) in [5, 5.41) is 3.04. The van der Waals surface area contributed by atoms with Crippen molar-refractivity contribution >= 4 is 60.9 Å². The van der Waals surface area contributed by atoms with Gasteiger partial charge in [0.2, 0.25) is 0 Å². The van der Waals surface area contributed by atoms with E-state index in [-0.39, 0.29) is 5.91 Å². The predicted octanol–water partition coefficient (Wildman–Crippen LogP) is 3.86. The molecule has 0 aliphatic carbocycles. The molecule has 1 aliphatic rings. The molecule has 7 heteroatoms. The summed E-state index contributed by atoms with van der Waals surface area (Å²) in [5.74, 6) is 0.117. The number of carbonyl (C=O) groups is 1. The lowest BCUT2D eigenvalue weighted by molar-refractivity contribution is 0.0766. The highest BCUT2D eigenvalue weighted by atomic mass is 127. The van der Waals surface area contributed by atoms with Crippen LogP contribution in [0.4, 0.5) is 5.13 Å². The Labute approximate surface area is 155 Å². The quantitative estimate of drug-likeness (QED) is 0.598. The molecule has 22 heavy (non-hydrogen) atoms. The number of benzene rings is 1. The van der Waals surface area contributed by atoms with Crippen molar-refractivity contribution in [1.29, 1.82) is 0 Å². The SMILES string of the molecule is O=C(c1cc(Br)ccc1I)N1CCCN(c2nccs2)CC1. The fourth-order valence-electron chi connectivity index (χ4n) is 2.52. The average Bonchev–Trinajstić information content (AvgIpc) is 2.94. The molecular formula is C15H15BrIN3OS. The van der Waals surface area contributed by atoms with Crippen LogP contribution in [0.1, 0.15) is 16.8 Å². The normalized spacial score (nSPS) is 15.7. The molecule has 0 spiro atoms. The second-order valence-corrected chi connectivity index (χ2v) is 8.02. The number of rotatable bonds is 2. The molecule has 0 unspecified atom stereocenters. The van der Waals surface area contributed by atoms with Gasteiger partial charge in [-0.1, -0.05) is 15.9 Å². The third-order valence-corrected chi connectivity index (χ3v) is 5.90. The molecule has 0 saturated carbocycles. The van der Waals surface area contributed by atoms with Crippen molar-refractivity contribution in [2.75, 3.05) is 31.1 Å². The van der Waals surface area contributed by atoms with Gasteiger partial charge in [-0.2, -0.15) is 0 Å². The topological polar surface area (TPSA) is 36.4 Å². The molecule has 2 aromatic rings. The summed E-state index contributed by atoms with van der Waals surface area (Å²) in [6, 6.07) is 5.84. The van der Waals surface area contributed by atoms with Gasteiger partial charge in [0.05, 0.1) is 5.56 Å². The van der Waals surface area contributed by atoms with Crippen molar-refractivity contribution in [2.45, 2.75) is 6.42 Å². The zero-order chi connectivity index (χ0) is 15.5. The fourth-order valence-corrected chi connectivity index (χ4v) is 4.14. The molecule has 0 atom stereocenters. The molecule has 0 N–H and O–H groups in total. The molecule has 0 radical (unpaired) electrons. The largest absolute Gasteiger partial charge is 0.346 e. The lowest BCUT2D eigenvalue weighted by Gasteiger charge is -2.22. The summed E-state index contributed by atoms with van der Waals surface area (Å²) < 4.78 is 1.93. The molecule has 116 valence electrons. The van der Waals surface area contributed by atoms with Gasteiger partial charge in [-0.05, 0) is 47.2 Å². The Kier molecular flexibility index (Phi) is 5.35. The first-order valence-corrected chi connectivity index (χ1v) is 9.79. The Hall–Kier alpha value is -0.670. The van der Waals surface area contributed by atoms with Crippen LogP contribution in [0.3, 0.4) is 0 Å². The van der Waals surface area contributed by atoms with E-state index >= 15 is 0 Å². The summed E-state index contributed by atoms with van der Waals surface area (Å²) in [6.45, 7) is 3.32. The van der Waals surface area contributed by atoms with Gasteiger partial charge in [0, 0.05) is 45.8 Å². The minimum absolute atomic E-state index is 0.117. The highest BCUT2D eigenvalue weighted by molar-refractivity contribution is 14.1. The number of nitrogens with zero attached hydrogens (tertiary/aromatic N) is 3. The Balaban J connectivity index is 1.73. The lowest BCUT2D eigenvalue weighted by atomic mass is 10.2. The smallest absolute Gasteiger partial charge is 0.255 e. The van der Waals surface area contributed by atoms with Gasteiger partial charge in [-0.3, -0.25) is 4.79 Å². The van der Waals surface area contributed by atoms with Gasteiger partial charge in [0.25, 0.3) is 5.91 Å². The van der Waals surface area contributed by atoms with Crippen molar-refractivity contribution in [3.63, 3.8) is 0 Å². The maximum absolute atomic E-state index is 12.8. The summed E-state index contributed by atoms with van der Waals surface area (Å²) >= 11 is 7.33. The third-order valence-electron chi connectivity index (χ3n) is 3.63. The van der Waals surface area contributed by atoms with Gasteiger partial charge >= 0.3 is 0 Å². The summed E-state index contributed by atoms with van der Waals surface area (Å²) in [4.78, 5) is 21.4. The van der Waals surface area contributed by atoms with Crippen LogP contribution in [0.25, 0.3) is 0 Å². The van der Waals surface area contributed by atoms with Crippen molar-refractivity contribution in [1.82, 2.24) is 9.88 Å². The first kappa shape index (κ1) is 16.2. The van der Waals surface area contributed by atoms with Crippen LogP contribution in [-0.4, -0.2) is 42.0 Å². The van der Waals surface area contributed by atoms with Gasteiger partial charge in [0.15, 0.2) is 5.13 Å². The highest BCUT2D eigenvalue weighted by Crippen LogP contribution is 2.22. The number of hydrogen-bond acceptors (Lipinski definition) is 4. The molecule has 2 heterocycles. The van der Waals surface area contributed by atoms with Gasteiger partial charge < -0.3 is 9.80 Å². The molecule has 1 fully saturated rings. The van der Waals surface area contributed by atoms with E-state index in [1.807, 2.05) is 34.7 Å². The second-order valence-electron chi connectivity index (χ2n) is 5.07. The van der Waals surface area contributed by atoms with Crippen molar-refractivity contribution in [2.24, 2.45) is 0 Å². The minimum atomic E-state index is 0.117. The number of amides is 1. The van der Waals surface area contributed by atoms with E-state index in [0.717, 1.165) is 51.3 Å². The number of hydrogen-bond donors (Lipinski definition) is 0. The number of aromatic nitrogens is 1. The monoisotopic (exact) mass is 491 g/mol. The van der Waals surface area contributed by atoms with Crippen LogP contribution in [-0.2, 0) is 0 Å². The van der Waals surface area contributed by atoms with Crippen molar-refractivity contribution < 1.29 is 4.79 Å². The Morgan fingerprint density at radius 2 is 2.14 bits per heavy atom. The minimum Gasteiger partial charge on any atom is -0.346 e. The van der Waals surface area contributed by atoms with E-state index in [1.165, 1.54) is 0 Å². The zero-order valence-corrected chi connectivity index (χ0v) is 16.4. The van der Waals surface area contributed by atoms with E-state index < -0.39 is 0 Å². The molecule has 1 saturated heterocycles. The highest BCUT2D eigenvalue weighted by Gasteiger charge is 2.22. The van der Waals surface area contributed by atoms with Crippen molar-refractivity contribution in [3.05, 3.63) is 43.4 Å². The first-order chi connectivity index (χ1) is 10.6. The maximum Gasteiger partial charge on any atom is 0.255 e. The van der Waals surface area contributed by atoms with E-state index in [2.05, 4.69) is 48.4 Å². The van der Waals surface area contributed by atoms with Crippen LogP contribution in [0, 0.1) is 3.57 Å². The third kappa shape index (κ3) is 3.62. The lowest BCUT2D eigenvalue weighted by Crippen LogP contribution is -2.35. The van der Waals surface area contributed by atoms with Crippen LogP contribution in [0.2, 0.25) is 0 Å². The Bertz CT molecular complexity index is 665. The van der Waals surface area contributed by atoms with Gasteiger partial charge in [0.1, 0.15) is 0 Å². The first-order valence-electron chi connectivity index (χ1n) is 7.04. The number of halogens is 2. The van der Waals surface area contributed by atoms with Crippen LogP contribution < -0.4 is 4.90 Å². The number of anilines is 1. The van der Waals surface area contributed by atoms with Gasteiger partial charge in [-0.15, -0.1) is 11.3 Å². The van der Waals surface area contributed by atoms with E-state index in [9.17, 15) is 4.79 Å². The molecule has 3 rings (SSSR count). The Morgan fingerprint density at radius 3 is 2.91 bits per heavy atom. The average molecular weight is 492 g/mol. The maximum atomic E-state index is 12.8. The Morgan fingerprint density at radius 1 is 1.27 bits per heavy atom.